The third kappa shape index (κ3) is 5.02. The molecule has 0 aliphatic carbocycles. The fourth-order valence-electron chi connectivity index (χ4n) is 2.24. The summed E-state index contributed by atoms with van der Waals surface area (Å²) in [7, 11) is 0. The first kappa shape index (κ1) is 22.1. The predicted octanol–water partition coefficient (Wildman–Crippen LogP) is -6.25. The van der Waals surface area contributed by atoms with Gasteiger partial charge in [-0.25, -0.2) is 5.48 Å². The van der Waals surface area contributed by atoms with Gasteiger partial charge in [-0.15, -0.1) is 0 Å². The first-order chi connectivity index (χ1) is 11.7. The Kier molecular flexibility index (Phi) is 8.52. The highest BCUT2D eigenvalue weighted by Crippen LogP contribution is 2.24. The number of ether oxygens (including phenoxy) is 2. The summed E-state index contributed by atoms with van der Waals surface area (Å²) in [6, 6.07) is 0. The summed E-state index contributed by atoms with van der Waals surface area (Å²) in [5, 5.41) is 84.9. The van der Waals surface area contributed by atoms with Crippen LogP contribution in [0.15, 0.2) is 0 Å². The maximum atomic E-state index is 11.2. The number of rotatable bonds is 8. The number of aliphatic hydroxyl groups is 8. The van der Waals surface area contributed by atoms with Crippen LogP contribution in [-0.2, 0) is 14.3 Å². The van der Waals surface area contributed by atoms with Crippen LogP contribution in [0.5, 0.6) is 0 Å². The van der Waals surface area contributed by atoms with Crippen molar-refractivity contribution in [3.8, 4) is 0 Å². The molecule has 0 radical (unpaired) electrons. The normalized spacial score (nSPS) is 34.8. The standard InChI is InChI=1S/C12H23NO12/c14-1-3(16)10(7(19)8(20)11(22)13-23)25-12-9(21)6(18)5(17)4(2-15)24-12/h3-10,12,14-21,23H,1-2H2,(H,13,22)/t3?,4?,5-,6+,7?,8?,9?,10?,12-/m0/s1. The van der Waals surface area contributed by atoms with Gasteiger partial charge in [-0.3, -0.25) is 10.0 Å². The van der Waals surface area contributed by atoms with E-state index in [0.29, 0.717) is 0 Å². The van der Waals surface area contributed by atoms with Crippen LogP contribution >= 0.6 is 0 Å². The van der Waals surface area contributed by atoms with E-state index in [1.807, 2.05) is 0 Å². The SMILES string of the molecule is O=C(NO)C(O)C(O)C(O[C@@H]1OC(CO)[C@H](O)[C@@H](O)C1O)C(O)CO. The van der Waals surface area contributed by atoms with Gasteiger partial charge in [0.1, 0.15) is 42.7 Å². The Morgan fingerprint density at radius 3 is 2.16 bits per heavy atom. The monoisotopic (exact) mass is 373 g/mol. The number of carbonyl (C=O) groups is 1. The van der Waals surface area contributed by atoms with Crippen molar-refractivity contribution >= 4 is 5.91 Å². The van der Waals surface area contributed by atoms with Crippen molar-refractivity contribution in [1.82, 2.24) is 5.48 Å². The summed E-state index contributed by atoms with van der Waals surface area (Å²) in [5.74, 6) is -1.44. The molecule has 13 heteroatoms. The Morgan fingerprint density at radius 1 is 1.08 bits per heavy atom. The van der Waals surface area contributed by atoms with Crippen LogP contribution in [0.3, 0.4) is 0 Å². The zero-order chi connectivity index (χ0) is 19.3. The molecule has 9 atom stereocenters. The minimum absolute atomic E-state index is 0.768. The van der Waals surface area contributed by atoms with Crippen LogP contribution < -0.4 is 5.48 Å². The van der Waals surface area contributed by atoms with Gasteiger partial charge in [0.05, 0.1) is 13.2 Å². The third-order valence-corrected chi connectivity index (χ3v) is 3.74. The lowest BCUT2D eigenvalue weighted by Gasteiger charge is -2.42. The van der Waals surface area contributed by atoms with E-state index in [-0.39, 0.29) is 0 Å². The summed E-state index contributed by atoms with van der Waals surface area (Å²) < 4.78 is 10.1. The Balaban J connectivity index is 2.95. The van der Waals surface area contributed by atoms with Gasteiger partial charge in [-0.1, -0.05) is 0 Å². The second-order valence-corrected chi connectivity index (χ2v) is 5.46. The maximum absolute atomic E-state index is 11.2. The molecule has 13 nitrogen and oxygen atoms in total. The molecule has 0 bridgehead atoms. The third-order valence-electron chi connectivity index (χ3n) is 3.74. The van der Waals surface area contributed by atoms with Crippen LogP contribution in [0.2, 0.25) is 0 Å². The molecule has 148 valence electrons. The van der Waals surface area contributed by atoms with Crippen LogP contribution in [0, 0.1) is 0 Å². The summed E-state index contributed by atoms with van der Waals surface area (Å²) in [6.07, 6.45) is -16.8. The molecule has 1 fully saturated rings. The molecule has 1 aliphatic heterocycles. The van der Waals surface area contributed by atoms with Gasteiger partial charge < -0.3 is 50.3 Å². The Labute approximate surface area is 141 Å². The van der Waals surface area contributed by atoms with Crippen LogP contribution in [-0.4, -0.2) is 120 Å². The maximum Gasteiger partial charge on any atom is 0.274 e. The highest BCUT2D eigenvalue weighted by molar-refractivity contribution is 5.80. The van der Waals surface area contributed by atoms with E-state index >= 15 is 0 Å². The molecule has 0 saturated carbocycles. The van der Waals surface area contributed by atoms with Crippen molar-refractivity contribution in [2.24, 2.45) is 0 Å². The second kappa shape index (κ2) is 9.65. The molecule has 0 spiro atoms. The van der Waals surface area contributed by atoms with Gasteiger partial charge in [0, 0.05) is 0 Å². The minimum atomic E-state index is -2.29. The topological polar surface area (TPSA) is 230 Å². The zero-order valence-electron chi connectivity index (χ0n) is 12.9. The van der Waals surface area contributed by atoms with Crippen LogP contribution in [0.4, 0.5) is 0 Å². The largest absolute Gasteiger partial charge is 0.394 e. The zero-order valence-corrected chi connectivity index (χ0v) is 12.9. The molecule has 1 aliphatic rings. The molecule has 25 heavy (non-hydrogen) atoms. The Morgan fingerprint density at radius 2 is 1.68 bits per heavy atom. The van der Waals surface area contributed by atoms with E-state index in [1.54, 1.807) is 0 Å². The van der Waals surface area contributed by atoms with E-state index in [9.17, 15) is 35.4 Å². The molecule has 10 N–H and O–H groups in total. The lowest BCUT2D eigenvalue weighted by atomic mass is 9.98. The van der Waals surface area contributed by atoms with E-state index in [4.69, 9.17) is 24.9 Å². The van der Waals surface area contributed by atoms with E-state index in [2.05, 4.69) is 0 Å². The smallest absolute Gasteiger partial charge is 0.274 e. The van der Waals surface area contributed by atoms with Crippen LogP contribution in [0.1, 0.15) is 0 Å². The number of carbonyl (C=O) groups excluding carboxylic acids is 1. The number of aliphatic hydroxyl groups excluding tert-OH is 8. The Hall–Kier alpha value is -0.970. The average Bonchev–Trinajstić information content (AvgIpc) is 2.63. The number of amides is 1. The molecular weight excluding hydrogens is 350 g/mol. The van der Waals surface area contributed by atoms with Gasteiger partial charge in [-0.2, -0.15) is 0 Å². The minimum Gasteiger partial charge on any atom is -0.394 e. The molecule has 0 aromatic rings. The molecule has 1 saturated heterocycles. The summed E-state index contributed by atoms with van der Waals surface area (Å²) in [5.41, 5.74) is 1.06. The average molecular weight is 373 g/mol. The Bertz CT molecular complexity index is 423. The first-order valence-corrected chi connectivity index (χ1v) is 7.24. The number of hydrogen-bond donors (Lipinski definition) is 10. The van der Waals surface area contributed by atoms with Gasteiger partial charge in [-0.05, 0) is 0 Å². The molecule has 0 aromatic carbocycles. The first-order valence-electron chi connectivity index (χ1n) is 7.24. The second-order valence-electron chi connectivity index (χ2n) is 5.46. The number of hydrogen-bond acceptors (Lipinski definition) is 12. The fraction of sp³-hybridized carbons (Fsp3) is 0.917. The van der Waals surface area contributed by atoms with E-state index < -0.39 is 74.2 Å². The van der Waals surface area contributed by atoms with Crippen molar-refractivity contribution in [3.05, 3.63) is 0 Å². The van der Waals surface area contributed by atoms with Gasteiger partial charge >= 0.3 is 0 Å². The molecule has 1 amide bonds. The quantitative estimate of drug-likeness (QED) is 0.141. The van der Waals surface area contributed by atoms with Crippen molar-refractivity contribution in [1.29, 1.82) is 0 Å². The van der Waals surface area contributed by atoms with E-state index in [0.717, 1.165) is 5.48 Å². The van der Waals surface area contributed by atoms with Gasteiger partial charge in [0.25, 0.3) is 5.91 Å². The van der Waals surface area contributed by atoms with Crippen molar-refractivity contribution in [2.45, 2.75) is 55.1 Å². The lowest BCUT2D eigenvalue weighted by molar-refractivity contribution is -0.326. The van der Waals surface area contributed by atoms with Gasteiger partial charge in [0.2, 0.25) is 0 Å². The highest BCUT2D eigenvalue weighted by atomic mass is 16.7. The summed E-state index contributed by atoms with van der Waals surface area (Å²) in [4.78, 5) is 11.2. The summed E-state index contributed by atoms with van der Waals surface area (Å²) >= 11 is 0. The number of hydroxylamine groups is 1. The molecule has 1 rings (SSSR count). The molecule has 6 unspecified atom stereocenters. The van der Waals surface area contributed by atoms with E-state index in [1.165, 1.54) is 0 Å². The highest BCUT2D eigenvalue weighted by Gasteiger charge is 2.47. The molecular formula is C12H23NO12. The van der Waals surface area contributed by atoms with Crippen LogP contribution in [0.25, 0.3) is 0 Å². The number of nitrogens with one attached hydrogen (secondary N) is 1. The van der Waals surface area contributed by atoms with Crippen molar-refractivity contribution in [2.75, 3.05) is 13.2 Å². The molecule has 1 heterocycles. The van der Waals surface area contributed by atoms with Crippen molar-refractivity contribution < 1.29 is 60.3 Å². The predicted molar refractivity (Wildman–Crippen MR) is 73.7 cm³/mol. The molecule has 0 aromatic heterocycles. The van der Waals surface area contributed by atoms with Gasteiger partial charge in [0.15, 0.2) is 12.4 Å². The summed E-state index contributed by atoms with van der Waals surface area (Å²) in [6.45, 7) is -1.76. The fourth-order valence-corrected chi connectivity index (χ4v) is 2.24. The lowest BCUT2D eigenvalue weighted by Crippen LogP contribution is -2.62. The van der Waals surface area contributed by atoms with Crippen molar-refractivity contribution in [3.63, 3.8) is 0 Å².